The zero-order valence-electron chi connectivity index (χ0n) is 11.9. The predicted octanol–water partition coefficient (Wildman–Crippen LogP) is 1.27. The normalized spacial score (nSPS) is 10.6. The minimum absolute atomic E-state index is 0.201. The van der Waals surface area contributed by atoms with Gasteiger partial charge in [0.25, 0.3) is 5.91 Å². The first-order chi connectivity index (χ1) is 10.3. The van der Waals surface area contributed by atoms with Gasteiger partial charge in [0, 0.05) is 22.2 Å². The number of amides is 3. The highest BCUT2D eigenvalue weighted by Gasteiger charge is 2.14. The lowest BCUT2D eigenvalue weighted by atomic mass is 10.2. The van der Waals surface area contributed by atoms with Crippen LogP contribution in [0.5, 0.6) is 0 Å². The molecule has 1 aromatic carbocycles. The zero-order chi connectivity index (χ0) is 16.7. The Kier molecular flexibility index (Phi) is 6.71. The van der Waals surface area contributed by atoms with Crippen LogP contribution in [0.2, 0.25) is 0 Å². The Morgan fingerprint density at radius 1 is 1.18 bits per heavy atom. The molecule has 0 atom stereocenters. The van der Waals surface area contributed by atoms with E-state index in [4.69, 9.17) is 0 Å². The lowest BCUT2D eigenvalue weighted by Gasteiger charge is -2.08. The van der Waals surface area contributed by atoms with Crippen molar-refractivity contribution in [3.63, 3.8) is 0 Å². The van der Waals surface area contributed by atoms with Gasteiger partial charge in [-0.3, -0.25) is 25.2 Å². The maximum absolute atomic E-state index is 13.4. The Labute approximate surface area is 135 Å². The summed E-state index contributed by atoms with van der Waals surface area (Å²) in [7, 11) is 0. The van der Waals surface area contributed by atoms with Crippen LogP contribution in [0.25, 0.3) is 6.08 Å². The Morgan fingerprint density at radius 2 is 1.86 bits per heavy atom. The van der Waals surface area contributed by atoms with Crippen LogP contribution in [0, 0.1) is 5.82 Å². The average Bonchev–Trinajstić information content (AvgIpc) is 2.44. The molecule has 0 aliphatic heterocycles. The van der Waals surface area contributed by atoms with E-state index in [0.29, 0.717) is 4.47 Å². The lowest BCUT2D eigenvalue weighted by molar-refractivity contribution is -0.140. The van der Waals surface area contributed by atoms with Crippen molar-refractivity contribution in [3.05, 3.63) is 40.1 Å². The molecule has 0 saturated carbocycles. The van der Waals surface area contributed by atoms with Crippen LogP contribution in [0.3, 0.4) is 0 Å². The number of hydrazine groups is 1. The summed E-state index contributed by atoms with van der Waals surface area (Å²) in [4.78, 5) is 34.1. The maximum atomic E-state index is 13.4. The van der Waals surface area contributed by atoms with Crippen molar-refractivity contribution in [3.8, 4) is 0 Å². The summed E-state index contributed by atoms with van der Waals surface area (Å²) in [5.74, 6) is -3.06. The lowest BCUT2D eigenvalue weighted by Crippen LogP contribution is -2.49. The van der Waals surface area contributed by atoms with Crippen LogP contribution in [0.4, 0.5) is 4.39 Å². The smallest absolute Gasteiger partial charge is 0.327 e. The van der Waals surface area contributed by atoms with E-state index in [1.807, 2.05) is 10.9 Å². The fraction of sp³-hybridized carbons (Fsp3) is 0.214. The third kappa shape index (κ3) is 6.04. The molecule has 6 nitrogen and oxygen atoms in total. The minimum atomic E-state index is -0.996. The van der Waals surface area contributed by atoms with Gasteiger partial charge in [0.15, 0.2) is 0 Å². The number of benzene rings is 1. The van der Waals surface area contributed by atoms with Crippen molar-refractivity contribution >= 4 is 39.7 Å². The molecule has 3 amide bonds. The van der Waals surface area contributed by atoms with E-state index in [9.17, 15) is 18.8 Å². The summed E-state index contributed by atoms with van der Waals surface area (Å²) in [5, 5.41) is 2.36. The van der Waals surface area contributed by atoms with Crippen LogP contribution in [-0.2, 0) is 14.4 Å². The van der Waals surface area contributed by atoms with Gasteiger partial charge in [0.2, 0.25) is 0 Å². The molecule has 0 heterocycles. The first-order valence-corrected chi connectivity index (χ1v) is 7.13. The van der Waals surface area contributed by atoms with Crippen molar-refractivity contribution in [1.82, 2.24) is 16.2 Å². The second-order valence-corrected chi connectivity index (χ2v) is 5.49. The van der Waals surface area contributed by atoms with Crippen molar-refractivity contribution < 1.29 is 18.8 Å². The van der Waals surface area contributed by atoms with Gasteiger partial charge in [-0.05, 0) is 38.1 Å². The second kappa shape index (κ2) is 8.28. The Morgan fingerprint density at radius 3 is 2.50 bits per heavy atom. The predicted molar refractivity (Wildman–Crippen MR) is 82.7 cm³/mol. The standard InChI is InChI=1S/C14H15BrFN3O3/c1-8(2)17-13(21)14(22)19-18-12(20)6-3-9-7-10(15)4-5-11(9)16/h3-8H,1-2H3,(H,17,21)(H,18,20)(H,19,22)/b6-3+. The molecule has 0 saturated heterocycles. The maximum Gasteiger partial charge on any atom is 0.327 e. The van der Waals surface area contributed by atoms with Gasteiger partial charge >= 0.3 is 11.8 Å². The van der Waals surface area contributed by atoms with E-state index in [0.717, 1.165) is 6.08 Å². The van der Waals surface area contributed by atoms with Crippen LogP contribution in [0.15, 0.2) is 28.7 Å². The first-order valence-electron chi connectivity index (χ1n) is 6.33. The molecule has 3 N–H and O–H groups in total. The highest BCUT2D eigenvalue weighted by atomic mass is 79.9. The molecule has 0 bridgehead atoms. The average molecular weight is 372 g/mol. The number of carbonyl (C=O) groups is 3. The van der Waals surface area contributed by atoms with Gasteiger partial charge in [-0.1, -0.05) is 15.9 Å². The van der Waals surface area contributed by atoms with E-state index in [1.54, 1.807) is 13.8 Å². The molecule has 0 aromatic heterocycles. The number of hydrogen-bond donors (Lipinski definition) is 3. The third-order valence-electron chi connectivity index (χ3n) is 2.30. The molecule has 0 spiro atoms. The van der Waals surface area contributed by atoms with Crippen LogP contribution in [0.1, 0.15) is 19.4 Å². The van der Waals surface area contributed by atoms with Crippen LogP contribution < -0.4 is 16.2 Å². The molecule has 0 radical (unpaired) electrons. The molecular weight excluding hydrogens is 357 g/mol. The number of halogens is 2. The molecule has 0 fully saturated rings. The van der Waals surface area contributed by atoms with Gasteiger partial charge in [0.1, 0.15) is 5.82 Å². The van der Waals surface area contributed by atoms with Gasteiger partial charge < -0.3 is 5.32 Å². The largest absolute Gasteiger partial charge is 0.346 e. The topological polar surface area (TPSA) is 87.3 Å². The SMILES string of the molecule is CC(C)NC(=O)C(=O)NNC(=O)/C=C/c1cc(Br)ccc1F. The quantitative estimate of drug-likeness (QED) is 0.424. The summed E-state index contributed by atoms with van der Waals surface area (Å²) < 4.78 is 14.1. The zero-order valence-corrected chi connectivity index (χ0v) is 13.5. The second-order valence-electron chi connectivity index (χ2n) is 4.57. The van der Waals surface area contributed by atoms with Gasteiger partial charge in [0.05, 0.1) is 0 Å². The molecule has 0 aliphatic rings. The summed E-state index contributed by atoms with van der Waals surface area (Å²) in [6.07, 6.45) is 2.28. The van der Waals surface area contributed by atoms with Gasteiger partial charge in [-0.2, -0.15) is 0 Å². The van der Waals surface area contributed by atoms with Crippen LogP contribution in [-0.4, -0.2) is 23.8 Å². The van der Waals surface area contributed by atoms with Crippen molar-refractivity contribution in [2.24, 2.45) is 0 Å². The van der Waals surface area contributed by atoms with E-state index in [1.165, 1.54) is 24.3 Å². The fourth-order valence-electron chi connectivity index (χ4n) is 1.35. The molecule has 8 heteroatoms. The van der Waals surface area contributed by atoms with Gasteiger partial charge in [-0.15, -0.1) is 0 Å². The van der Waals surface area contributed by atoms with E-state index >= 15 is 0 Å². The fourth-order valence-corrected chi connectivity index (χ4v) is 1.73. The third-order valence-corrected chi connectivity index (χ3v) is 2.79. The summed E-state index contributed by atoms with van der Waals surface area (Å²) in [5.41, 5.74) is 4.17. The van der Waals surface area contributed by atoms with E-state index in [-0.39, 0.29) is 11.6 Å². The first kappa shape index (κ1) is 17.8. The summed E-state index contributed by atoms with van der Waals surface area (Å²) in [6.45, 7) is 3.39. The Hall–Kier alpha value is -2.22. The van der Waals surface area contributed by atoms with Gasteiger partial charge in [-0.25, -0.2) is 4.39 Å². The molecule has 1 aromatic rings. The number of rotatable bonds is 3. The summed E-state index contributed by atoms with van der Waals surface area (Å²) >= 11 is 3.19. The Balaban J connectivity index is 2.53. The highest BCUT2D eigenvalue weighted by molar-refractivity contribution is 9.10. The molecule has 0 aliphatic carbocycles. The molecular formula is C14H15BrFN3O3. The molecule has 22 heavy (non-hydrogen) atoms. The van der Waals surface area contributed by atoms with Crippen LogP contribution >= 0.6 is 15.9 Å². The monoisotopic (exact) mass is 371 g/mol. The number of nitrogens with one attached hydrogen (secondary N) is 3. The minimum Gasteiger partial charge on any atom is -0.346 e. The summed E-state index contributed by atoms with van der Waals surface area (Å²) in [6, 6.07) is 4.07. The van der Waals surface area contributed by atoms with Crippen molar-refractivity contribution in [2.45, 2.75) is 19.9 Å². The number of carbonyl (C=O) groups excluding carboxylic acids is 3. The van der Waals surface area contributed by atoms with E-state index < -0.39 is 23.5 Å². The highest BCUT2D eigenvalue weighted by Crippen LogP contribution is 2.16. The number of hydrogen-bond acceptors (Lipinski definition) is 3. The van der Waals surface area contributed by atoms with Crippen molar-refractivity contribution in [1.29, 1.82) is 0 Å². The molecule has 0 unspecified atom stereocenters. The molecule has 118 valence electrons. The van der Waals surface area contributed by atoms with E-state index in [2.05, 4.69) is 21.2 Å². The molecule has 1 rings (SSSR count). The van der Waals surface area contributed by atoms with Crippen molar-refractivity contribution in [2.75, 3.05) is 0 Å². The Bertz CT molecular complexity index is 617.